The van der Waals surface area contributed by atoms with Crippen molar-refractivity contribution in [3.8, 4) is 6.07 Å². The van der Waals surface area contributed by atoms with E-state index in [1.54, 1.807) is 25.2 Å². The van der Waals surface area contributed by atoms with Crippen LogP contribution < -0.4 is 4.90 Å². The van der Waals surface area contributed by atoms with Gasteiger partial charge in [0.25, 0.3) is 5.70 Å². The number of ether oxygens (including phenoxy) is 3. The molecule has 6 nitrogen and oxygen atoms in total. The Labute approximate surface area is 222 Å². The van der Waals surface area contributed by atoms with Gasteiger partial charge < -0.3 is 19.1 Å². The van der Waals surface area contributed by atoms with Crippen LogP contribution in [0.25, 0.3) is 10.9 Å². The Bertz CT molecular complexity index is 1170. The lowest BCUT2D eigenvalue weighted by atomic mass is 9.88. The molecule has 0 saturated heterocycles. The summed E-state index contributed by atoms with van der Waals surface area (Å²) in [6.07, 6.45) is -4.83. The molecular weight excluding hydrogens is 528 g/mol. The van der Waals surface area contributed by atoms with Crippen LogP contribution in [0.15, 0.2) is 65.3 Å². The van der Waals surface area contributed by atoms with Crippen LogP contribution in [0.3, 0.4) is 0 Å². The minimum Gasteiger partial charge on any atom is -0.462 e. The molecule has 1 aromatic rings. The molecule has 1 aliphatic heterocycles. The predicted molar refractivity (Wildman–Crippen MR) is 133 cm³/mol. The average Bonchev–Trinajstić information content (AvgIpc) is 2.86. The Hall–Kier alpha value is -3.74. The maximum absolute atomic E-state index is 13.6. The molecule has 39 heavy (non-hydrogen) atoms. The number of halogens is 6. The quantitative estimate of drug-likeness (QED) is 0.130. The third-order valence-corrected chi connectivity index (χ3v) is 5.82. The highest BCUT2D eigenvalue weighted by atomic mass is 19.4. The van der Waals surface area contributed by atoms with Crippen molar-refractivity contribution in [1.29, 1.82) is 5.26 Å². The highest BCUT2D eigenvalue weighted by Gasteiger charge is 2.68. The minimum atomic E-state index is -5.53. The molecule has 0 aromatic heterocycles. The lowest BCUT2D eigenvalue weighted by Crippen LogP contribution is -2.55. The van der Waals surface area contributed by atoms with Gasteiger partial charge in [0, 0.05) is 25.9 Å². The molecule has 2 rings (SSSR count). The summed E-state index contributed by atoms with van der Waals surface area (Å²) in [5.74, 6) is 0.797. The number of anilines is 1. The fourth-order valence-electron chi connectivity index (χ4n) is 3.45. The van der Waals surface area contributed by atoms with Crippen LogP contribution in [0.2, 0.25) is 0 Å². The second-order valence-corrected chi connectivity index (χ2v) is 8.71. The van der Waals surface area contributed by atoms with Gasteiger partial charge in [-0.3, -0.25) is 0 Å². The molecule has 12 heteroatoms. The number of benzene rings is 1. The average molecular weight is 556 g/mol. The van der Waals surface area contributed by atoms with Crippen LogP contribution in [0.5, 0.6) is 0 Å². The number of methoxy groups -OCH3 is 1. The number of allylic oxidation sites excluding steroid dienone is 6. The van der Waals surface area contributed by atoms with Gasteiger partial charge in [0.1, 0.15) is 11.5 Å². The molecule has 0 amide bonds. The van der Waals surface area contributed by atoms with E-state index in [1.807, 2.05) is 6.07 Å². The molecule has 1 aromatic carbocycles. The molecule has 0 atom stereocenters. The number of nitriles is 1. The summed E-state index contributed by atoms with van der Waals surface area (Å²) < 4.78 is 97.3. The van der Waals surface area contributed by atoms with E-state index in [9.17, 15) is 26.3 Å². The topological polar surface area (TPSA) is 59.1 Å². The molecule has 0 radical (unpaired) electrons. The van der Waals surface area contributed by atoms with E-state index in [1.165, 1.54) is 37.5 Å². The summed E-state index contributed by atoms with van der Waals surface area (Å²) in [4.78, 5) is 4.17. The van der Waals surface area contributed by atoms with Crippen LogP contribution in [-0.2, 0) is 14.2 Å². The zero-order valence-corrected chi connectivity index (χ0v) is 21.5. The summed E-state index contributed by atoms with van der Waals surface area (Å²) in [6.45, 7) is 7.58. The normalized spacial score (nSPS) is 15.7. The summed E-state index contributed by atoms with van der Waals surface area (Å²) in [6, 6.07) is 7.71. The van der Waals surface area contributed by atoms with Crippen molar-refractivity contribution in [3.05, 3.63) is 82.3 Å². The van der Waals surface area contributed by atoms with Crippen molar-refractivity contribution in [1.82, 2.24) is 0 Å². The van der Waals surface area contributed by atoms with Crippen LogP contribution >= 0.6 is 0 Å². The van der Waals surface area contributed by atoms with Crippen LogP contribution in [-0.4, -0.2) is 52.4 Å². The van der Waals surface area contributed by atoms with Crippen molar-refractivity contribution < 1.29 is 40.6 Å². The molecular formula is C27H27F6N3O3. The van der Waals surface area contributed by atoms with Crippen molar-refractivity contribution in [2.24, 2.45) is 5.41 Å². The van der Waals surface area contributed by atoms with Crippen molar-refractivity contribution in [2.45, 2.75) is 26.2 Å². The van der Waals surface area contributed by atoms with Gasteiger partial charge in [-0.1, -0.05) is 18.2 Å². The third-order valence-electron chi connectivity index (χ3n) is 5.82. The fourth-order valence-corrected chi connectivity index (χ4v) is 3.45. The summed E-state index contributed by atoms with van der Waals surface area (Å²) in [7, 11) is 1.44. The maximum atomic E-state index is 13.6. The molecule has 1 aliphatic rings. The number of alkyl halides is 6. The van der Waals surface area contributed by atoms with E-state index in [-0.39, 0.29) is 44.7 Å². The first-order valence-electron chi connectivity index (χ1n) is 11.6. The first kappa shape index (κ1) is 31.5. The van der Waals surface area contributed by atoms with E-state index < -0.39 is 24.3 Å². The van der Waals surface area contributed by atoms with Crippen LogP contribution in [0, 0.1) is 23.3 Å². The van der Waals surface area contributed by atoms with Crippen LogP contribution in [0.4, 0.5) is 32.0 Å². The smallest absolute Gasteiger partial charge is 0.404 e. The molecule has 0 saturated carbocycles. The Morgan fingerprint density at radius 3 is 2.23 bits per heavy atom. The maximum Gasteiger partial charge on any atom is 0.404 e. The van der Waals surface area contributed by atoms with E-state index in [2.05, 4.69) is 4.85 Å². The predicted octanol–water partition coefficient (Wildman–Crippen LogP) is 6.81. The number of hydrogen-bond donors (Lipinski definition) is 0. The lowest BCUT2D eigenvalue weighted by Gasteiger charge is -2.39. The Morgan fingerprint density at radius 1 is 1.05 bits per heavy atom. The highest BCUT2D eigenvalue weighted by Crippen LogP contribution is 2.50. The first-order valence-corrected chi connectivity index (χ1v) is 11.6. The largest absolute Gasteiger partial charge is 0.462 e. The second-order valence-electron chi connectivity index (χ2n) is 8.71. The molecule has 0 N–H and O–H groups in total. The standard InChI is InChI=1S/C27H27F6N3O3/c1-19-15-21(24(17-34)35-3)16-23(39-19)10-7-20-5-8-22(9-6-20)36(11-12-38-14-13-37-4)18-25(2,26(28,29)30)27(31,32)33/h5-10,15-16H,11-14,18H2,1-2,4H3/b10-7+,24-21+. The minimum absolute atomic E-state index is 0.107. The lowest BCUT2D eigenvalue weighted by molar-refractivity contribution is -0.330. The van der Waals surface area contributed by atoms with E-state index in [0.29, 0.717) is 22.7 Å². The summed E-state index contributed by atoms with van der Waals surface area (Å²) in [5, 5.41) is 9.10. The van der Waals surface area contributed by atoms with Gasteiger partial charge in [0.15, 0.2) is 5.41 Å². The number of rotatable bonds is 11. The van der Waals surface area contributed by atoms with Crippen LogP contribution in [0.1, 0.15) is 19.4 Å². The first-order chi connectivity index (χ1) is 18.3. The monoisotopic (exact) mass is 555 g/mol. The third kappa shape index (κ3) is 8.37. The van der Waals surface area contributed by atoms with E-state index >= 15 is 0 Å². The Kier molecular flexibility index (Phi) is 10.8. The Balaban J connectivity index is 2.30. The molecule has 0 bridgehead atoms. The molecule has 210 valence electrons. The Morgan fingerprint density at radius 2 is 1.69 bits per heavy atom. The van der Waals surface area contributed by atoms with Gasteiger partial charge in [0.2, 0.25) is 0 Å². The van der Waals surface area contributed by atoms with E-state index in [4.69, 9.17) is 26.0 Å². The number of hydrogen-bond acceptors (Lipinski definition) is 5. The fraction of sp³-hybridized carbons (Fsp3) is 0.407. The van der Waals surface area contributed by atoms with Gasteiger partial charge in [-0.15, -0.1) is 0 Å². The summed E-state index contributed by atoms with van der Waals surface area (Å²) >= 11 is 0. The summed E-state index contributed by atoms with van der Waals surface area (Å²) in [5.41, 5.74) is -2.97. The van der Waals surface area contributed by atoms with Crippen molar-refractivity contribution >= 4 is 11.8 Å². The molecule has 0 unspecified atom stereocenters. The second kappa shape index (κ2) is 13.4. The molecule has 0 spiro atoms. The SMILES string of the molecule is [C-]#[N+]/C(C#N)=C1\C=C(C)OC(/C=C/c2ccc(N(CCOCCOC)CC(C)(C(F)(F)F)C(F)(F)F)cc2)=C1. The zero-order valence-electron chi connectivity index (χ0n) is 21.5. The number of nitrogens with zero attached hydrogens (tertiary/aromatic N) is 3. The molecule has 0 fully saturated rings. The zero-order chi connectivity index (χ0) is 29.3. The molecule has 0 aliphatic carbocycles. The van der Waals surface area contributed by atoms with E-state index in [0.717, 1.165) is 4.90 Å². The van der Waals surface area contributed by atoms with Gasteiger partial charge in [-0.25, -0.2) is 10.1 Å². The molecule has 1 heterocycles. The van der Waals surface area contributed by atoms with Gasteiger partial charge in [0.05, 0.1) is 32.5 Å². The van der Waals surface area contributed by atoms with Gasteiger partial charge >= 0.3 is 12.4 Å². The highest BCUT2D eigenvalue weighted by molar-refractivity contribution is 5.59. The van der Waals surface area contributed by atoms with Crippen molar-refractivity contribution in [3.63, 3.8) is 0 Å². The van der Waals surface area contributed by atoms with Gasteiger partial charge in [-0.05, 0) is 55.3 Å². The van der Waals surface area contributed by atoms with Gasteiger partial charge in [-0.2, -0.15) is 26.3 Å². The van der Waals surface area contributed by atoms with Crippen molar-refractivity contribution in [2.75, 3.05) is 44.9 Å².